The highest BCUT2D eigenvalue weighted by molar-refractivity contribution is 6.30. The van der Waals surface area contributed by atoms with Crippen LogP contribution in [-0.2, 0) is 11.2 Å². The van der Waals surface area contributed by atoms with E-state index in [4.69, 9.17) is 11.6 Å². The number of hydrogen-bond acceptors (Lipinski definition) is 4. The maximum absolute atomic E-state index is 12.5. The highest BCUT2D eigenvalue weighted by Gasteiger charge is 2.17. The lowest BCUT2D eigenvalue weighted by molar-refractivity contribution is -0.114. The predicted octanol–water partition coefficient (Wildman–Crippen LogP) is 4.00. The van der Waals surface area contributed by atoms with Crippen LogP contribution in [0.2, 0.25) is 5.15 Å². The summed E-state index contributed by atoms with van der Waals surface area (Å²) in [5.74, 6) is 1.20. The van der Waals surface area contributed by atoms with Crippen LogP contribution >= 0.6 is 11.6 Å². The van der Waals surface area contributed by atoms with Gasteiger partial charge in [-0.15, -0.1) is 0 Å². The van der Waals surface area contributed by atoms with Crippen LogP contribution in [-0.4, -0.2) is 29.5 Å². The van der Waals surface area contributed by atoms with Crippen LogP contribution < -0.4 is 10.2 Å². The number of nitrogens with zero attached hydrogens (tertiary/aromatic N) is 3. The highest BCUT2D eigenvalue weighted by Crippen LogP contribution is 2.25. The molecule has 1 N–H and O–H groups in total. The number of aromatic nitrogens is 2. The first-order valence-electron chi connectivity index (χ1n) is 8.34. The van der Waals surface area contributed by atoms with Gasteiger partial charge < -0.3 is 10.2 Å². The molecule has 1 aromatic carbocycles. The molecule has 0 radical (unpaired) electrons. The molecule has 134 valence electrons. The fraction of sp³-hybridized carbons (Fsp3) is 0.421. The molecule has 0 fully saturated rings. The third-order valence-corrected chi connectivity index (χ3v) is 4.40. The molecule has 0 aliphatic carbocycles. The second kappa shape index (κ2) is 7.83. The minimum Gasteiger partial charge on any atom is -0.350 e. The van der Waals surface area contributed by atoms with Crippen LogP contribution in [0.4, 0.5) is 11.5 Å². The van der Waals surface area contributed by atoms with Crippen molar-refractivity contribution < 1.29 is 4.79 Å². The molecule has 1 aromatic heterocycles. The average molecular weight is 361 g/mol. The van der Waals surface area contributed by atoms with E-state index in [-0.39, 0.29) is 12.5 Å². The molecule has 5 nitrogen and oxygen atoms in total. The predicted molar refractivity (Wildman–Crippen MR) is 104 cm³/mol. The zero-order chi connectivity index (χ0) is 18.7. The Kier molecular flexibility index (Phi) is 6.01. The normalized spacial score (nSPS) is 10.7. The first-order chi connectivity index (χ1) is 11.7. The molecule has 0 aliphatic rings. The van der Waals surface area contributed by atoms with Crippen LogP contribution in [0.5, 0.6) is 0 Å². The summed E-state index contributed by atoms with van der Waals surface area (Å²) in [5, 5.41) is 3.46. The van der Waals surface area contributed by atoms with Gasteiger partial charge in [0.1, 0.15) is 16.8 Å². The van der Waals surface area contributed by atoms with Gasteiger partial charge in [-0.1, -0.05) is 36.2 Å². The van der Waals surface area contributed by atoms with Gasteiger partial charge in [0.15, 0.2) is 0 Å². The zero-order valence-corrected chi connectivity index (χ0v) is 16.5. The largest absolute Gasteiger partial charge is 0.350 e. The molecule has 25 heavy (non-hydrogen) atoms. The Morgan fingerprint density at radius 1 is 1.16 bits per heavy atom. The van der Waals surface area contributed by atoms with Crippen LogP contribution in [0.15, 0.2) is 12.1 Å². The monoisotopic (exact) mass is 360 g/mol. The number of benzene rings is 1. The molecule has 0 atom stereocenters. The Balaban J connectivity index is 2.19. The summed E-state index contributed by atoms with van der Waals surface area (Å²) in [5.41, 5.74) is 5.03. The third-order valence-electron chi connectivity index (χ3n) is 4.08. The minimum atomic E-state index is -0.0907. The zero-order valence-electron chi connectivity index (χ0n) is 15.7. The van der Waals surface area contributed by atoms with E-state index in [0.29, 0.717) is 23.2 Å². The van der Waals surface area contributed by atoms with E-state index in [9.17, 15) is 4.79 Å². The number of carbonyl (C=O) groups excluding carboxylic acids is 1. The first-order valence-corrected chi connectivity index (χ1v) is 8.72. The molecule has 6 heteroatoms. The molecule has 2 aromatic rings. The van der Waals surface area contributed by atoms with Gasteiger partial charge in [-0.2, -0.15) is 0 Å². The summed E-state index contributed by atoms with van der Waals surface area (Å²) in [4.78, 5) is 23.0. The second-order valence-corrected chi connectivity index (χ2v) is 6.75. The van der Waals surface area contributed by atoms with Crippen LogP contribution in [0, 0.1) is 27.7 Å². The number of likely N-dealkylation sites (N-methyl/N-ethyl adjacent to an activating group) is 1. The molecule has 0 saturated heterocycles. The quantitative estimate of drug-likeness (QED) is 0.819. The maximum Gasteiger partial charge on any atom is 0.243 e. The topological polar surface area (TPSA) is 58.1 Å². The van der Waals surface area contributed by atoms with Gasteiger partial charge in [0.25, 0.3) is 0 Å². The Morgan fingerprint density at radius 3 is 2.32 bits per heavy atom. The van der Waals surface area contributed by atoms with Crippen LogP contribution in [0.1, 0.15) is 35.0 Å². The smallest absolute Gasteiger partial charge is 0.243 e. The molecular formula is C19H25ClN4O. The number of amides is 1. The van der Waals surface area contributed by atoms with Gasteiger partial charge in [0.05, 0.1) is 6.54 Å². The lowest BCUT2D eigenvalue weighted by atomic mass is 10.1. The number of nitrogens with one attached hydrogen (secondary N) is 1. The molecule has 0 spiro atoms. The van der Waals surface area contributed by atoms with Gasteiger partial charge in [-0.05, 0) is 45.2 Å². The van der Waals surface area contributed by atoms with Crippen molar-refractivity contribution >= 4 is 29.0 Å². The number of carbonyl (C=O) groups is 1. The summed E-state index contributed by atoms with van der Waals surface area (Å²) in [7, 11) is 1.84. The SMILES string of the molecule is CCc1c(Cl)nc(C)nc1N(C)CC(=O)Nc1c(C)cc(C)cc1C. The van der Waals surface area contributed by atoms with Crippen LogP contribution in [0.25, 0.3) is 0 Å². The van der Waals surface area contributed by atoms with E-state index in [0.717, 1.165) is 22.4 Å². The van der Waals surface area contributed by atoms with Crippen molar-refractivity contribution in [2.75, 3.05) is 23.8 Å². The maximum atomic E-state index is 12.5. The van der Waals surface area contributed by atoms with E-state index in [1.807, 2.05) is 39.6 Å². The second-order valence-electron chi connectivity index (χ2n) is 6.40. The fourth-order valence-corrected chi connectivity index (χ4v) is 3.35. The lowest BCUT2D eigenvalue weighted by Gasteiger charge is -2.22. The highest BCUT2D eigenvalue weighted by atomic mass is 35.5. The molecule has 1 amide bonds. The minimum absolute atomic E-state index is 0.0907. The number of aryl methyl sites for hydroxylation is 4. The summed E-state index contributed by atoms with van der Waals surface area (Å²) in [6.45, 7) is 10.0. The Morgan fingerprint density at radius 2 is 1.76 bits per heavy atom. The Hall–Kier alpha value is -2.14. The van der Waals surface area contributed by atoms with Gasteiger partial charge in [0, 0.05) is 18.3 Å². The number of halogens is 1. The Bertz CT molecular complexity index is 781. The van der Waals surface area contributed by atoms with Crippen molar-refractivity contribution in [1.29, 1.82) is 0 Å². The van der Waals surface area contributed by atoms with E-state index in [1.54, 1.807) is 6.92 Å². The average Bonchev–Trinajstić information content (AvgIpc) is 2.50. The standard InChI is InChI=1S/C19H25ClN4O/c1-7-15-18(20)21-14(5)22-19(15)24(6)10-16(25)23-17-12(3)8-11(2)9-13(17)4/h8-9H,7,10H2,1-6H3,(H,23,25). The molecule has 0 bridgehead atoms. The molecule has 0 saturated carbocycles. The molecule has 0 unspecified atom stereocenters. The summed E-state index contributed by atoms with van der Waals surface area (Å²) in [6, 6.07) is 4.13. The van der Waals surface area contributed by atoms with Gasteiger partial charge in [0.2, 0.25) is 5.91 Å². The van der Waals surface area contributed by atoms with Crippen molar-refractivity contribution in [1.82, 2.24) is 9.97 Å². The number of anilines is 2. The van der Waals surface area contributed by atoms with Crippen molar-refractivity contribution in [3.63, 3.8) is 0 Å². The van der Waals surface area contributed by atoms with E-state index >= 15 is 0 Å². The van der Waals surface area contributed by atoms with E-state index in [2.05, 4.69) is 27.4 Å². The first kappa shape index (κ1) is 19.2. The van der Waals surface area contributed by atoms with E-state index in [1.165, 1.54) is 5.56 Å². The fourth-order valence-electron chi connectivity index (χ4n) is 3.01. The van der Waals surface area contributed by atoms with E-state index < -0.39 is 0 Å². The van der Waals surface area contributed by atoms with Crippen molar-refractivity contribution in [2.45, 2.75) is 41.0 Å². The third kappa shape index (κ3) is 4.48. The van der Waals surface area contributed by atoms with Crippen molar-refractivity contribution in [3.05, 3.63) is 45.4 Å². The lowest BCUT2D eigenvalue weighted by Crippen LogP contribution is -2.32. The Labute approximate surface area is 154 Å². The molecule has 1 heterocycles. The van der Waals surface area contributed by atoms with Gasteiger partial charge >= 0.3 is 0 Å². The number of hydrogen-bond donors (Lipinski definition) is 1. The summed E-state index contributed by atoms with van der Waals surface area (Å²) in [6.07, 6.45) is 0.705. The van der Waals surface area contributed by atoms with Gasteiger partial charge in [-0.3, -0.25) is 4.79 Å². The summed E-state index contributed by atoms with van der Waals surface area (Å²) >= 11 is 6.22. The molecule has 2 rings (SSSR count). The van der Waals surface area contributed by atoms with Gasteiger partial charge in [-0.25, -0.2) is 9.97 Å². The van der Waals surface area contributed by atoms with Crippen molar-refractivity contribution in [2.24, 2.45) is 0 Å². The van der Waals surface area contributed by atoms with Crippen LogP contribution in [0.3, 0.4) is 0 Å². The van der Waals surface area contributed by atoms with Crippen molar-refractivity contribution in [3.8, 4) is 0 Å². The summed E-state index contributed by atoms with van der Waals surface area (Å²) < 4.78 is 0. The molecule has 0 aliphatic heterocycles. The molecular weight excluding hydrogens is 336 g/mol. The number of rotatable bonds is 5.